The summed E-state index contributed by atoms with van der Waals surface area (Å²) >= 11 is 0. The minimum Gasteiger partial charge on any atom is -0.507 e. The highest BCUT2D eigenvalue weighted by molar-refractivity contribution is 5.89. The second kappa shape index (κ2) is 20.9. The molecule has 0 unspecified atom stereocenters. The van der Waals surface area contributed by atoms with Crippen LogP contribution in [0.5, 0.6) is 46.0 Å². The summed E-state index contributed by atoms with van der Waals surface area (Å²) in [6.07, 6.45) is -26.5. The van der Waals surface area contributed by atoms with Gasteiger partial charge < -0.3 is 119 Å². The molecule has 3 aliphatic rings. The number of aliphatic hydroxyl groups excluding tert-OH is 10. The molecule has 3 aliphatic heterocycles. The van der Waals surface area contributed by atoms with Gasteiger partial charge >= 0.3 is 5.97 Å². The van der Waals surface area contributed by atoms with Crippen molar-refractivity contribution in [2.45, 2.75) is 92.1 Å². The van der Waals surface area contributed by atoms with Crippen molar-refractivity contribution in [3.05, 3.63) is 64.3 Å². The number of benzene rings is 3. The van der Waals surface area contributed by atoms with Crippen LogP contribution in [0.15, 0.2) is 57.8 Å². The first-order chi connectivity index (χ1) is 32.8. The number of aromatic hydroxyl groups is 5. The molecule has 7 rings (SSSR count). The van der Waals surface area contributed by atoms with Gasteiger partial charge in [-0.25, -0.2) is 4.79 Å². The van der Waals surface area contributed by atoms with Gasteiger partial charge in [-0.15, -0.1) is 0 Å². The fourth-order valence-corrected chi connectivity index (χ4v) is 7.56. The molecule has 0 saturated carbocycles. The first-order valence-electron chi connectivity index (χ1n) is 20.7. The Morgan fingerprint density at radius 2 is 1.28 bits per heavy atom. The summed E-state index contributed by atoms with van der Waals surface area (Å²) in [5, 5.41) is 156. The van der Waals surface area contributed by atoms with Gasteiger partial charge in [-0.2, -0.15) is 0 Å². The normalized spacial score (nSPS) is 31.7. The minimum absolute atomic E-state index is 0.113. The Hall–Kier alpha value is -6.08. The Bertz CT molecular complexity index is 2560. The van der Waals surface area contributed by atoms with Crippen LogP contribution in [0.3, 0.4) is 0 Å². The third-order valence-corrected chi connectivity index (χ3v) is 11.4. The second-order valence-corrected chi connectivity index (χ2v) is 15.9. The molecular weight excluding hydrogens is 932 g/mol. The van der Waals surface area contributed by atoms with Gasteiger partial charge in [0.25, 0.3) is 0 Å². The molecule has 15 N–H and O–H groups in total. The molecule has 0 amide bonds. The molecule has 4 aromatic rings. The molecule has 0 aliphatic carbocycles. The Labute approximate surface area is 386 Å². The van der Waals surface area contributed by atoms with Crippen molar-refractivity contribution in [2.75, 3.05) is 26.9 Å². The third-order valence-electron chi connectivity index (χ3n) is 11.4. The summed E-state index contributed by atoms with van der Waals surface area (Å²) in [6.45, 7) is -2.59. The SMILES string of the molecule is COc1cc(/C=C/C(=O)OC[C@H]2O[C@@H](O[C@H]3[C@H](Oc4c(-c5ccc(O)c(O)c5)oc5cc(O[C@@H]6O[C@H](CO)[C@@H](O)[C@H](O)[C@H]6O)cc(O)c5c4=O)O[C@H](CO)[C@@H](O)[C@@H]3O)[C@H](O)[C@@H](O)[C@@H]2O)cc(O)c1O. The van der Waals surface area contributed by atoms with Crippen LogP contribution in [0.25, 0.3) is 28.4 Å². The highest BCUT2D eigenvalue weighted by Gasteiger charge is 2.52. The van der Waals surface area contributed by atoms with Crippen LogP contribution in [0.1, 0.15) is 5.56 Å². The quantitative estimate of drug-likeness (QED) is 0.0330. The lowest BCUT2D eigenvalue weighted by molar-refractivity contribution is -0.358. The molecule has 1 aromatic heterocycles. The van der Waals surface area contributed by atoms with Crippen LogP contribution in [0.4, 0.5) is 0 Å². The van der Waals surface area contributed by atoms with Crippen LogP contribution in [-0.2, 0) is 28.5 Å². The number of fused-ring (bicyclic) bond motifs is 1. The van der Waals surface area contributed by atoms with Crippen molar-refractivity contribution in [1.29, 1.82) is 0 Å². The number of rotatable bonds is 14. The molecule has 3 fully saturated rings. The zero-order valence-corrected chi connectivity index (χ0v) is 35.7. The highest BCUT2D eigenvalue weighted by Crippen LogP contribution is 2.41. The number of esters is 1. The van der Waals surface area contributed by atoms with E-state index in [4.69, 9.17) is 42.3 Å². The molecular formula is C43H48O26. The van der Waals surface area contributed by atoms with Crippen LogP contribution in [-0.4, -0.2) is 202 Å². The number of hydrogen-bond acceptors (Lipinski definition) is 26. The smallest absolute Gasteiger partial charge is 0.330 e. The third kappa shape index (κ3) is 10.3. The first-order valence-corrected chi connectivity index (χ1v) is 20.7. The largest absolute Gasteiger partial charge is 0.507 e. The van der Waals surface area contributed by atoms with Gasteiger partial charge in [-0.3, -0.25) is 4.79 Å². The van der Waals surface area contributed by atoms with E-state index in [1.165, 1.54) is 19.3 Å². The van der Waals surface area contributed by atoms with E-state index < -0.39 is 175 Å². The Morgan fingerprint density at radius 3 is 1.93 bits per heavy atom. The zero-order valence-electron chi connectivity index (χ0n) is 35.7. The number of phenolic OH excluding ortho intramolecular Hbond substituents is 5. The van der Waals surface area contributed by atoms with Crippen LogP contribution < -0.4 is 19.6 Å². The number of phenols is 5. The van der Waals surface area contributed by atoms with Gasteiger partial charge in [0.15, 0.2) is 41.2 Å². The number of aliphatic hydroxyl groups is 10. The fourth-order valence-electron chi connectivity index (χ4n) is 7.56. The molecule has 69 heavy (non-hydrogen) atoms. The predicted molar refractivity (Wildman–Crippen MR) is 224 cm³/mol. The summed E-state index contributed by atoms with van der Waals surface area (Å²) in [5.74, 6) is -6.35. The standard InChI is InChI=1S/C43H48O26/c1-61-22-7-14(6-20(49)28(22)51)2-5-26(50)62-13-25-31(54)34(57)37(60)42(67-25)69-40-35(58)30(53)24(12-45)66-43(40)68-39-32(55)27-19(48)9-16(63-41-36(59)33(56)29(52)23(11-44)65-41)10-21(27)64-38(39)15-3-4-17(46)18(47)8-15/h2-10,23-25,29-31,33-37,40-49,51-54,56-60H,11-13H2,1H3/b5-2+/t23-,24-,25-,29-,30-,31-,33+,34+,35+,36-,37-,40-,41-,42+,43+/m1/s1. The van der Waals surface area contributed by atoms with Gasteiger partial charge in [-0.1, -0.05) is 0 Å². The zero-order chi connectivity index (χ0) is 50.2. The van der Waals surface area contributed by atoms with E-state index in [0.29, 0.717) is 0 Å². The number of methoxy groups -OCH3 is 1. The molecule has 376 valence electrons. The van der Waals surface area contributed by atoms with E-state index in [1.54, 1.807) is 0 Å². The molecule has 4 heterocycles. The van der Waals surface area contributed by atoms with Crippen LogP contribution >= 0.6 is 0 Å². The minimum atomic E-state index is -2.15. The summed E-state index contributed by atoms with van der Waals surface area (Å²) in [5.41, 5.74) is -1.72. The predicted octanol–water partition coefficient (Wildman–Crippen LogP) is -3.56. The Balaban J connectivity index is 1.19. The van der Waals surface area contributed by atoms with Gasteiger partial charge in [0.1, 0.15) is 96.2 Å². The van der Waals surface area contributed by atoms with Crippen LogP contribution in [0, 0.1) is 0 Å². The second-order valence-electron chi connectivity index (χ2n) is 15.9. The molecule has 0 radical (unpaired) electrons. The Kier molecular flexibility index (Phi) is 15.4. The summed E-state index contributed by atoms with van der Waals surface area (Å²) in [7, 11) is 1.23. The maximum atomic E-state index is 14.5. The van der Waals surface area contributed by atoms with Gasteiger partial charge in [0.05, 0.1) is 20.3 Å². The lowest BCUT2D eigenvalue weighted by atomic mass is 9.97. The highest BCUT2D eigenvalue weighted by atomic mass is 16.8. The van der Waals surface area contributed by atoms with Crippen molar-refractivity contribution in [1.82, 2.24) is 0 Å². The van der Waals surface area contributed by atoms with Crippen molar-refractivity contribution in [3.63, 3.8) is 0 Å². The van der Waals surface area contributed by atoms with E-state index in [2.05, 4.69) is 0 Å². The molecule has 26 nitrogen and oxygen atoms in total. The van der Waals surface area contributed by atoms with E-state index in [1.807, 2.05) is 0 Å². The summed E-state index contributed by atoms with van der Waals surface area (Å²) in [4.78, 5) is 27.1. The van der Waals surface area contributed by atoms with Crippen LogP contribution in [0.2, 0.25) is 0 Å². The number of hydrogen-bond donors (Lipinski definition) is 15. The molecule has 0 bridgehead atoms. The first kappa shape index (κ1) is 50.8. The van der Waals surface area contributed by atoms with E-state index in [9.17, 15) is 86.2 Å². The maximum Gasteiger partial charge on any atom is 0.330 e. The Morgan fingerprint density at radius 1 is 0.652 bits per heavy atom. The van der Waals surface area contributed by atoms with Gasteiger partial charge in [0.2, 0.25) is 29.5 Å². The average Bonchev–Trinajstić information content (AvgIpc) is 3.32. The summed E-state index contributed by atoms with van der Waals surface area (Å²) in [6, 6.07) is 7.31. The number of carbonyl (C=O) groups is 1. The van der Waals surface area contributed by atoms with Crippen molar-refractivity contribution < 1.29 is 124 Å². The topological polar surface area (TPSA) is 425 Å². The fraction of sp³-hybridized carbons (Fsp3) is 0.442. The van der Waals surface area contributed by atoms with E-state index >= 15 is 0 Å². The van der Waals surface area contributed by atoms with E-state index in [0.717, 1.165) is 42.5 Å². The van der Waals surface area contributed by atoms with Crippen molar-refractivity contribution >= 4 is 23.0 Å². The maximum absolute atomic E-state index is 14.5. The summed E-state index contributed by atoms with van der Waals surface area (Å²) < 4.78 is 50.3. The molecule has 3 aromatic carbocycles. The van der Waals surface area contributed by atoms with E-state index in [-0.39, 0.29) is 22.6 Å². The lowest BCUT2D eigenvalue weighted by Gasteiger charge is -2.45. The average molecular weight is 981 g/mol. The monoisotopic (exact) mass is 980 g/mol. The van der Waals surface area contributed by atoms with Gasteiger partial charge in [0, 0.05) is 23.8 Å². The number of carbonyl (C=O) groups excluding carboxylic acids is 1. The van der Waals surface area contributed by atoms with Crippen molar-refractivity contribution in [2.24, 2.45) is 0 Å². The molecule has 3 saturated heterocycles. The van der Waals surface area contributed by atoms with Crippen molar-refractivity contribution in [3.8, 4) is 57.3 Å². The molecule has 0 spiro atoms. The van der Waals surface area contributed by atoms with Gasteiger partial charge in [-0.05, 0) is 42.0 Å². The molecule has 15 atom stereocenters. The molecule has 26 heteroatoms. The number of ether oxygens (including phenoxy) is 8. The lowest BCUT2D eigenvalue weighted by Crippen LogP contribution is -2.65.